The number of halogens is 2. The summed E-state index contributed by atoms with van der Waals surface area (Å²) in [7, 11) is 0. The highest BCUT2D eigenvalue weighted by Gasteiger charge is 2.30. The number of primary amides is 1. The Morgan fingerprint density at radius 2 is 1.75 bits per heavy atom. The molecule has 0 bridgehead atoms. The third-order valence-corrected chi connectivity index (χ3v) is 3.74. The first-order valence-electron chi connectivity index (χ1n) is 7.28. The van der Waals surface area contributed by atoms with E-state index in [0.29, 0.717) is 31.8 Å². The Labute approximate surface area is 118 Å². The van der Waals surface area contributed by atoms with E-state index in [4.69, 9.17) is 5.73 Å². The van der Waals surface area contributed by atoms with Crippen LogP contribution in [0.15, 0.2) is 0 Å². The van der Waals surface area contributed by atoms with E-state index in [9.17, 15) is 18.4 Å². The number of piperidine rings is 1. The molecule has 0 aromatic heterocycles. The molecule has 0 aromatic rings. The van der Waals surface area contributed by atoms with Crippen LogP contribution in [0.2, 0.25) is 0 Å². The first kappa shape index (κ1) is 16.9. The standard InChI is InChI=1S/C8H14N2O2.C6H10F2/c1-6-3-2-4-10(5-6)8(12)7(9)11;7-6(8)4-2-1-3-5-6/h6H,2-5H2,1H3,(H2,9,11);1-5H2. The van der Waals surface area contributed by atoms with E-state index in [1.807, 2.05) is 0 Å². The molecule has 0 radical (unpaired) electrons. The zero-order valence-electron chi connectivity index (χ0n) is 12.0. The first-order chi connectivity index (χ1) is 9.32. The summed E-state index contributed by atoms with van der Waals surface area (Å²) >= 11 is 0. The quantitative estimate of drug-likeness (QED) is 0.696. The zero-order valence-corrected chi connectivity index (χ0v) is 12.0. The molecule has 2 rings (SSSR count). The summed E-state index contributed by atoms with van der Waals surface area (Å²) in [6.45, 7) is 3.41. The number of likely N-dealkylation sites (tertiary alicyclic amines) is 1. The second-order valence-electron chi connectivity index (χ2n) is 5.78. The van der Waals surface area contributed by atoms with Crippen molar-refractivity contribution in [2.24, 2.45) is 11.7 Å². The molecular formula is C14H24F2N2O2. The Morgan fingerprint density at radius 3 is 2.15 bits per heavy atom. The van der Waals surface area contributed by atoms with Gasteiger partial charge in [0.2, 0.25) is 5.92 Å². The minimum atomic E-state index is -2.32. The molecule has 0 spiro atoms. The van der Waals surface area contributed by atoms with Gasteiger partial charge >= 0.3 is 11.8 Å². The smallest absolute Gasteiger partial charge is 0.311 e. The highest BCUT2D eigenvalue weighted by Crippen LogP contribution is 2.32. The van der Waals surface area contributed by atoms with Gasteiger partial charge in [0.05, 0.1) is 0 Å². The van der Waals surface area contributed by atoms with Gasteiger partial charge in [-0.1, -0.05) is 13.3 Å². The number of hydrogen-bond acceptors (Lipinski definition) is 2. The molecule has 116 valence electrons. The maximum absolute atomic E-state index is 12.2. The molecule has 1 saturated carbocycles. The highest BCUT2D eigenvalue weighted by molar-refractivity contribution is 6.34. The van der Waals surface area contributed by atoms with Crippen LogP contribution in [-0.4, -0.2) is 35.7 Å². The van der Waals surface area contributed by atoms with E-state index in [0.717, 1.165) is 19.3 Å². The van der Waals surface area contributed by atoms with Crippen molar-refractivity contribution in [1.82, 2.24) is 4.90 Å². The normalized spacial score (nSPS) is 25.4. The van der Waals surface area contributed by atoms with Crippen LogP contribution in [0, 0.1) is 5.92 Å². The van der Waals surface area contributed by atoms with Crippen LogP contribution in [0.1, 0.15) is 51.9 Å². The lowest BCUT2D eigenvalue weighted by molar-refractivity contribution is -0.145. The number of alkyl halides is 2. The number of carbonyl (C=O) groups excluding carboxylic acids is 2. The fourth-order valence-electron chi connectivity index (χ4n) is 2.60. The molecule has 6 heteroatoms. The van der Waals surface area contributed by atoms with Crippen LogP contribution < -0.4 is 5.73 Å². The molecule has 20 heavy (non-hydrogen) atoms. The molecule has 2 N–H and O–H groups in total. The van der Waals surface area contributed by atoms with Gasteiger partial charge in [0.15, 0.2) is 0 Å². The van der Waals surface area contributed by atoms with E-state index in [-0.39, 0.29) is 12.8 Å². The van der Waals surface area contributed by atoms with Gasteiger partial charge in [-0.25, -0.2) is 8.78 Å². The van der Waals surface area contributed by atoms with Crippen molar-refractivity contribution in [3.05, 3.63) is 0 Å². The minimum Gasteiger partial charge on any atom is -0.361 e. The van der Waals surface area contributed by atoms with Gasteiger partial charge in [0, 0.05) is 25.9 Å². The SMILES string of the molecule is CC1CCCN(C(=O)C(N)=O)C1.FC1(F)CCCCC1. The molecule has 0 aromatic carbocycles. The lowest BCUT2D eigenvalue weighted by Gasteiger charge is -2.29. The molecule has 1 aliphatic heterocycles. The molecule has 4 nitrogen and oxygen atoms in total. The summed E-state index contributed by atoms with van der Waals surface area (Å²) in [5.74, 6) is -3.22. The Morgan fingerprint density at radius 1 is 1.15 bits per heavy atom. The Kier molecular flexibility index (Phi) is 6.36. The molecule has 1 saturated heterocycles. The van der Waals surface area contributed by atoms with Crippen molar-refractivity contribution in [2.45, 2.75) is 57.8 Å². The average Bonchev–Trinajstić information content (AvgIpc) is 2.38. The molecule has 1 heterocycles. The third-order valence-electron chi connectivity index (χ3n) is 3.74. The molecular weight excluding hydrogens is 266 g/mol. The maximum atomic E-state index is 12.2. The summed E-state index contributed by atoms with van der Waals surface area (Å²) in [5, 5.41) is 0. The largest absolute Gasteiger partial charge is 0.361 e. The van der Waals surface area contributed by atoms with Crippen molar-refractivity contribution in [3.63, 3.8) is 0 Å². The van der Waals surface area contributed by atoms with Crippen LogP contribution in [0.4, 0.5) is 8.78 Å². The fraction of sp³-hybridized carbons (Fsp3) is 0.857. The van der Waals surface area contributed by atoms with Crippen molar-refractivity contribution in [1.29, 1.82) is 0 Å². The van der Waals surface area contributed by atoms with E-state index >= 15 is 0 Å². The zero-order chi connectivity index (χ0) is 15.2. The van der Waals surface area contributed by atoms with Gasteiger partial charge < -0.3 is 10.6 Å². The molecule has 2 fully saturated rings. The van der Waals surface area contributed by atoms with Gasteiger partial charge in [-0.15, -0.1) is 0 Å². The van der Waals surface area contributed by atoms with E-state index in [1.165, 1.54) is 4.90 Å². The van der Waals surface area contributed by atoms with Gasteiger partial charge in [-0.05, 0) is 31.6 Å². The van der Waals surface area contributed by atoms with Crippen LogP contribution >= 0.6 is 0 Å². The molecule has 1 aliphatic carbocycles. The van der Waals surface area contributed by atoms with E-state index in [1.54, 1.807) is 0 Å². The highest BCUT2D eigenvalue weighted by atomic mass is 19.3. The maximum Gasteiger partial charge on any atom is 0.311 e. The van der Waals surface area contributed by atoms with Crippen LogP contribution in [-0.2, 0) is 9.59 Å². The summed E-state index contributed by atoms with van der Waals surface area (Å²) in [5.41, 5.74) is 4.88. The minimum absolute atomic E-state index is 0.118. The van der Waals surface area contributed by atoms with Crippen LogP contribution in [0.25, 0.3) is 0 Å². The van der Waals surface area contributed by atoms with Crippen molar-refractivity contribution >= 4 is 11.8 Å². The second kappa shape index (κ2) is 7.55. The Hall–Kier alpha value is -1.20. The summed E-state index contributed by atoms with van der Waals surface area (Å²) in [4.78, 5) is 23.2. The predicted octanol–water partition coefficient (Wildman–Crippen LogP) is 2.32. The van der Waals surface area contributed by atoms with Crippen molar-refractivity contribution < 1.29 is 18.4 Å². The molecule has 2 aliphatic rings. The first-order valence-corrected chi connectivity index (χ1v) is 7.28. The average molecular weight is 290 g/mol. The summed E-state index contributed by atoms with van der Waals surface area (Å²) in [6.07, 6.45) is 4.76. The summed E-state index contributed by atoms with van der Waals surface area (Å²) < 4.78 is 24.4. The number of amides is 2. The Balaban J connectivity index is 0.000000217. The van der Waals surface area contributed by atoms with Crippen molar-refractivity contribution in [3.8, 4) is 0 Å². The molecule has 1 unspecified atom stereocenters. The molecule has 1 atom stereocenters. The predicted molar refractivity (Wildman–Crippen MR) is 72.2 cm³/mol. The Bertz CT molecular complexity index is 340. The van der Waals surface area contributed by atoms with E-state index in [2.05, 4.69) is 6.92 Å². The van der Waals surface area contributed by atoms with Gasteiger partial charge in [0.25, 0.3) is 0 Å². The summed E-state index contributed by atoms with van der Waals surface area (Å²) in [6, 6.07) is 0. The van der Waals surface area contributed by atoms with Gasteiger partial charge in [-0.2, -0.15) is 0 Å². The lowest BCUT2D eigenvalue weighted by atomic mass is 9.97. The van der Waals surface area contributed by atoms with E-state index < -0.39 is 17.7 Å². The van der Waals surface area contributed by atoms with Gasteiger partial charge in [-0.3, -0.25) is 9.59 Å². The molecule has 2 amide bonds. The topological polar surface area (TPSA) is 63.4 Å². The second-order valence-corrected chi connectivity index (χ2v) is 5.78. The monoisotopic (exact) mass is 290 g/mol. The van der Waals surface area contributed by atoms with Crippen LogP contribution in [0.5, 0.6) is 0 Å². The number of nitrogens with two attached hydrogens (primary N) is 1. The number of hydrogen-bond donors (Lipinski definition) is 1. The fourth-order valence-corrected chi connectivity index (χ4v) is 2.60. The van der Waals surface area contributed by atoms with Crippen LogP contribution in [0.3, 0.4) is 0 Å². The number of rotatable bonds is 0. The van der Waals surface area contributed by atoms with Gasteiger partial charge in [0.1, 0.15) is 0 Å². The van der Waals surface area contributed by atoms with Crippen molar-refractivity contribution in [2.75, 3.05) is 13.1 Å². The number of carbonyl (C=O) groups is 2. The number of nitrogens with zero attached hydrogens (tertiary/aromatic N) is 1. The third kappa shape index (κ3) is 5.84. The lowest BCUT2D eigenvalue weighted by Crippen LogP contribution is -2.45.